The van der Waals surface area contributed by atoms with Gasteiger partial charge in [0.25, 0.3) is 0 Å². The Balaban J connectivity index is 2.88. The minimum Gasteiger partial charge on any atom is -0.494 e. The Bertz CT molecular complexity index is 412. The van der Waals surface area contributed by atoms with Gasteiger partial charge in [-0.25, -0.2) is 0 Å². The van der Waals surface area contributed by atoms with E-state index in [2.05, 4.69) is 0 Å². The normalized spacial score (nSPS) is 13.1. The van der Waals surface area contributed by atoms with Gasteiger partial charge in [-0.2, -0.15) is 13.2 Å². The van der Waals surface area contributed by atoms with E-state index in [-0.39, 0.29) is 5.56 Å². The number of carboxylic acid groups (broad SMARTS) is 1. The number of ether oxygens (including phenoxy) is 1. The van der Waals surface area contributed by atoms with Gasteiger partial charge in [-0.15, -0.1) is 0 Å². The number of hydrogen-bond donors (Lipinski definition) is 1. The van der Waals surface area contributed by atoms with Crippen molar-refractivity contribution in [2.24, 2.45) is 0 Å². The standard InChI is InChI=1S/C13H15F3O3/c1-2-7-19-10-5-3-9(4-6-10)11(8-12(17)18)13(14,15)16/h3-6,11H,2,7-8H2,1H3,(H,17,18). The molecular weight excluding hydrogens is 261 g/mol. The molecule has 0 saturated carbocycles. The van der Waals surface area contributed by atoms with E-state index in [1.807, 2.05) is 6.92 Å². The summed E-state index contributed by atoms with van der Waals surface area (Å²) in [6, 6.07) is 5.36. The number of carboxylic acids is 1. The molecule has 1 unspecified atom stereocenters. The van der Waals surface area contributed by atoms with Crippen LogP contribution < -0.4 is 4.74 Å². The summed E-state index contributed by atoms with van der Waals surface area (Å²) in [4.78, 5) is 10.5. The smallest absolute Gasteiger partial charge is 0.396 e. The third kappa shape index (κ3) is 4.81. The molecule has 0 radical (unpaired) electrons. The molecule has 19 heavy (non-hydrogen) atoms. The highest BCUT2D eigenvalue weighted by atomic mass is 19.4. The molecule has 1 N–H and O–H groups in total. The van der Waals surface area contributed by atoms with Gasteiger partial charge in [0.15, 0.2) is 0 Å². The zero-order valence-electron chi connectivity index (χ0n) is 10.4. The van der Waals surface area contributed by atoms with Crippen LogP contribution in [0.5, 0.6) is 5.75 Å². The van der Waals surface area contributed by atoms with Crippen molar-refractivity contribution in [3.8, 4) is 5.75 Å². The zero-order valence-corrected chi connectivity index (χ0v) is 10.4. The average Bonchev–Trinajstić information content (AvgIpc) is 2.33. The summed E-state index contributed by atoms with van der Waals surface area (Å²) in [6.07, 6.45) is -4.76. The second kappa shape index (κ2) is 6.45. The van der Waals surface area contributed by atoms with E-state index in [9.17, 15) is 18.0 Å². The lowest BCUT2D eigenvalue weighted by Gasteiger charge is -2.19. The van der Waals surface area contributed by atoms with Crippen LogP contribution in [0.1, 0.15) is 31.2 Å². The van der Waals surface area contributed by atoms with Crippen LogP contribution in [0.25, 0.3) is 0 Å². The SMILES string of the molecule is CCCOc1ccc(C(CC(=O)O)C(F)(F)F)cc1. The van der Waals surface area contributed by atoms with Crippen molar-refractivity contribution in [3.63, 3.8) is 0 Å². The fourth-order valence-corrected chi connectivity index (χ4v) is 1.61. The fraction of sp³-hybridized carbons (Fsp3) is 0.462. The van der Waals surface area contributed by atoms with Gasteiger partial charge in [0.1, 0.15) is 5.75 Å². The Labute approximate surface area is 109 Å². The lowest BCUT2D eigenvalue weighted by atomic mass is 9.95. The quantitative estimate of drug-likeness (QED) is 0.863. The molecule has 106 valence electrons. The van der Waals surface area contributed by atoms with Gasteiger partial charge in [-0.05, 0) is 24.1 Å². The van der Waals surface area contributed by atoms with Crippen molar-refractivity contribution in [2.75, 3.05) is 6.61 Å². The van der Waals surface area contributed by atoms with Crippen LogP contribution in [0.3, 0.4) is 0 Å². The first-order valence-corrected chi connectivity index (χ1v) is 5.86. The first-order chi connectivity index (χ1) is 8.84. The Morgan fingerprint density at radius 1 is 1.32 bits per heavy atom. The van der Waals surface area contributed by atoms with Crippen molar-refractivity contribution >= 4 is 5.97 Å². The largest absolute Gasteiger partial charge is 0.494 e. The number of halogens is 3. The summed E-state index contributed by atoms with van der Waals surface area (Å²) in [6.45, 7) is 2.40. The van der Waals surface area contributed by atoms with Gasteiger partial charge in [-0.1, -0.05) is 19.1 Å². The van der Waals surface area contributed by atoms with Crippen LogP contribution in [0.2, 0.25) is 0 Å². The lowest BCUT2D eigenvalue weighted by molar-refractivity contribution is -0.163. The van der Waals surface area contributed by atoms with Crippen molar-refractivity contribution in [3.05, 3.63) is 29.8 Å². The molecule has 0 saturated heterocycles. The first kappa shape index (κ1) is 15.3. The highest BCUT2D eigenvalue weighted by Crippen LogP contribution is 2.37. The predicted octanol–water partition coefficient (Wildman–Crippen LogP) is 3.60. The average molecular weight is 276 g/mol. The topological polar surface area (TPSA) is 46.5 Å². The van der Waals surface area contributed by atoms with Crippen LogP contribution >= 0.6 is 0 Å². The number of aliphatic carboxylic acids is 1. The van der Waals surface area contributed by atoms with E-state index in [0.717, 1.165) is 6.42 Å². The van der Waals surface area contributed by atoms with Gasteiger partial charge in [-0.3, -0.25) is 4.79 Å². The van der Waals surface area contributed by atoms with Crippen LogP contribution in [-0.4, -0.2) is 23.9 Å². The number of rotatable bonds is 6. The molecule has 1 aromatic carbocycles. The number of hydrogen-bond acceptors (Lipinski definition) is 2. The summed E-state index contributed by atoms with van der Waals surface area (Å²) in [7, 11) is 0. The molecule has 6 heteroatoms. The summed E-state index contributed by atoms with van der Waals surface area (Å²) < 4.78 is 43.6. The third-order valence-electron chi connectivity index (χ3n) is 2.53. The summed E-state index contributed by atoms with van der Waals surface area (Å²) in [5.41, 5.74) is -0.0706. The van der Waals surface area contributed by atoms with Crippen molar-refractivity contribution < 1.29 is 27.8 Å². The number of carbonyl (C=O) groups is 1. The fourth-order valence-electron chi connectivity index (χ4n) is 1.61. The van der Waals surface area contributed by atoms with Gasteiger partial charge in [0.05, 0.1) is 18.9 Å². The van der Waals surface area contributed by atoms with Gasteiger partial charge >= 0.3 is 12.1 Å². The molecule has 0 heterocycles. The molecule has 0 aliphatic rings. The summed E-state index contributed by atoms with van der Waals surface area (Å²) in [5.74, 6) is -3.00. The highest BCUT2D eigenvalue weighted by Gasteiger charge is 2.41. The van der Waals surface area contributed by atoms with Crippen molar-refractivity contribution in [2.45, 2.75) is 31.9 Å². The van der Waals surface area contributed by atoms with Crippen LogP contribution in [-0.2, 0) is 4.79 Å². The lowest BCUT2D eigenvalue weighted by Crippen LogP contribution is -2.23. The molecule has 1 aromatic rings. The second-order valence-corrected chi connectivity index (χ2v) is 4.11. The van der Waals surface area contributed by atoms with Crippen molar-refractivity contribution in [1.29, 1.82) is 0 Å². The first-order valence-electron chi connectivity index (χ1n) is 5.86. The van der Waals surface area contributed by atoms with E-state index in [1.54, 1.807) is 0 Å². The minimum atomic E-state index is -4.58. The second-order valence-electron chi connectivity index (χ2n) is 4.11. The summed E-state index contributed by atoms with van der Waals surface area (Å²) in [5, 5.41) is 8.55. The summed E-state index contributed by atoms with van der Waals surface area (Å²) >= 11 is 0. The van der Waals surface area contributed by atoms with Gasteiger partial charge in [0, 0.05) is 0 Å². The zero-order chi connectivity index (χ0) is 14.5. The molecular formula is C13H15F3O3. The molecule has 0 spiro atoms. The molecule has 0 amide bonds. The molecule has 3 nitrogen and oxygen atoms in total. The molecule has 1 rings (SSSR count). The maximum Gasteiger partial charge on any atom is 0.396 e. The maximum absolute atomic E-state index is 12.8. The molecule has 0 aliphatic carbocycles. The molecule has 0 fully saturated rings. The van der Waals surface area contributed by atoms with E-state index in [1.165, 1.54) is 24.3 Å². The highest BCUT2D eigenvalue weighted by molar-refractivity contribution is 5.68. The van der Waals surface area contributed by atoms with Gasteiger partial charge in [0.2, 0.25) is 0 Å². The van der Waals surface area contributed by atoms with Crippen LogP contribution in [0.4, 0.5) is 13.2 Å². The molecule has 0 aromatic heterocycles. The van der Waals surface area contributed by atoms with Crippen molar-refractivity contribution in [1.82, 2.24) is 0 Å². The maximum atomic E-state index is 12.8. The number of alkyl halides is 3. The van der Waals surface area contributed by atoms with E-state index in [4.69, 9.17) is 9.84 Å². The minimum absolute atomic E-state index is 0.0706. The predicted molar refractivity (Wildman–Crippen MR) is 63.3 cm³/mol. The molecule has 0 bridgehead atoms. The Hall–Kier alpha value is -1.72. The van der Waals surface area contributed by atoms with E-state index >= 15 is 0 Å². The molecule has 1 atom stereocenters. The van der Waals surface area contributed by atoms with E-state index < -0.39 is 24.5 Å². The Morgan fingerprint density at radius 3 is 2.32 bits per heavy atom. The number of benzene rings is 1. The monoisotopic (exact) mass is 276 g/mol. The van der Waals surface area contributed by atoms with Gasteiger partial charge < -0.3 is 9.84 Å². The molecule has 0 aliphatic heterocycles. The Morgan fingerprint density at radius 2 is 1.89 bits per heavy atom. The van der Waals surface area contributed by atoms with Crippen LogP contribution in [0.15, 0.2) is 24.3 Å². The third-order valence-corrected chi connectivity index (χ3v) is 2.53. The van der Waals surface area contributed by atoms with Crippen LogP contribution in [0, 0.1) is 0 Å². The van der Waals surface area contributed by atoms with E-state index in [0.29, 0.717) is 12.4 Å². The Kier molecular flexibility index (Phi) is 5.20.